The molecule has 2 unspecified atom stereocenters. The zero-order valence-electron chi connectivity index (χ0n) is 19.5. The van der Waals surface area contributed by atoms with Gasteiger partial charge in [-0.15, -0.1) is 0 Å². The third-order valence-electron chi connectivity index (χ3n) is 5.75. The average Bonchev–Trinajstić information content (AvgIpc) is 2.88. The van der Waals surface area contributed by atoms with Gasteiger partial charge < -0.3 is 19.5 Å². The van der Waals surface area contributed by atoms with Gasteiger partial charge in [0.25, 0.3) is 6.47 Å². The van der Waals surface area contributed by atoms with E-state index in [0.717, 1.165) is 0 Å². The molecule has 1 aromatic carbocycles. The van der Waals surface area contributed by atoms with Crippen molar-refractivity contribution in [2.24, 2.45) is 4.99 Å². The molecule has 12 heteroatoms. The molecule has 0 spiro atoms. The molecule has 1 N–H and O–H groups in total. The maximum Gasteiger partial charge on any atom is 0.338 e. The van der Waals surface area contributed by atoms with Crippen molar-refractivity contribution >= 4 is 29.9 Å². The smallest absolute Gasteiger partial charge is 0.338 e. The number of hydrogen-bond donors (Lipinski definition) is 1. The second-order valence-electron chi connectivity index (χ2n) is 8.00. The van der Waals surface area contributed by atoms with Crippen LogP contribution < -0.4 is 5.32 Å². The van der Waals surface area contributed by atoms with Crippen molar-refractivity contribution in [2.75, 3.05) is 39.5 Å². The first-order valence-electron chi connectivity index (χ1n) is 11.3. The molecule has 0 saturated carbocycles. The molecule has 2 aliphatic rings. The maximum absolute atomic E-state index is 13.9. The van der Waals surface area contributed by atoms with Crippen LogP contribution in [0.15, 0.2) is 53.1 Å². The van der Waals surface area contributed by atoms with Gasteiger partial charge in [0.15, 0.2) is 5.84 Å². The summed E-state index contributed by atoms with van der Waals surface area (Å²) >= 11 is 6.41. The van der Waals surface area contributed by atoms with Gasteiger partial charge in [-0.25, -0.2) is 14.2 Å². The van der Waals surface area contributed by atoms with E-state index in [1.165, 1.54) is 36.8 Å². The molecule has 2 aliphatic heterocycles. The maximum atomic E-state index is 13.9. The highest BCUT2D eigenvalue weighted by Gasteiger charge is 2.36. The number of rotatable bonds is 9. The lowest BCUT2D eigenvalue weighted by molar-refractivity contribution is -0.139. The Morgan fingerprint density at radius 3 is 2.97 bits per heavy atom. The molecule has 36 heavy (non-hydrogen) atoms. The van der Waals surface area contributed by atoms with E-state index in [4.69, 9.17) is 30.8 Å². The largest absolute Gasteiger partial charge is 0.466 e. The first-order chi connectivity index (χ1) is 17.5. The summed E-state index contributed by atoms with van der Waals surface area (Å²) in [7, 11) is 0. The van der Waals surface area contributed by atoms with Gasteiger partial charge in [0.2, 0.25) is 0 Å². The highest BCUT2D eigenvalue weighted by Crippen LogP contribution is 2.36. The molecule has 0 aliphatic carbocycles. The number of nitrogens with one attached hydrogen (secondary N) is 1. The van der Waals surface area contributed by atoms with Crippen LogP contribution in [-0.4, -0.2) is 78.7 Å². The SMILES string of the molecule is CCOC(=O)C1=C(CN2CCOCC2COC=O)NC(c2cnccn2)=NC1c1ccc(F)cc1Cl. The lowest BCUT2D eigenvalue weighted by Gasteiger charge is -2.37. The normalized spacial score (nSPS) is 20.4. The molecule has 2 aromatic rings. The molecule has 0 amide bonds. The van der Waals surface area contributed by atoms with E-state index in [1.54, 1.807) is 6.92 Å². The van der Waals surface area contributed by atoms with E-state index in [-0.39, 0.29) is 36.4 Å². The third kappa shape index (κ3) is 5.86. The number of ether oxygens (including phenoxy) is 3. The summed E-state index contributed by atoms with van der Waals surface area (Å²) in [6, 6.07) is 2.81. The topological polar surface area (TPSA) is 115 Å². The van der Waals surface area contributed by atoms with Crippen molar-refractivity contribution in [3.63, 3.8) is 0 Å². The van der Waals surface area contributed by atoms with Crippen LogP contribution in [0.3, 0.4) is 0 Å². The second kappa shape index (κ2) is 12.0. The van der Waals surface area contributed by atoms with E-state index in [0.29, 0.717) is 49.0 Å². The van der Waals surface area contributed by atoms with Crippen molar-refractivity contribution < 1.29 is 28.2 Å². The van der Waals surface area contributed by atoms with Crippen molar-refractivity contribution in [2.45, 2.75) is 19.0 Å². The molecule has 2 atom stereocenters. The van der Waals surface area contributed by atoms with Crippen LogP contribution in [0.25, 0.3) is 0 Å². The Bertz CT molecular complexity index is 1160. The number of esters is 1. The number of morpholine rings is 1. The molecule has 190 valence electrons. The highest BCUT2D eigenvalue weighted by atomic mass is 35.5. The van der Waals surface area contributed by atoms with Crippen LogP contribution in [0.4, 0.5) is 4.39 Å². The second-order valence-corrected chi connectivity index (χ2v) is 8.41. The minimum Gasteiger partial charge on any atom is -0.466 e. The fourth-order valence-corrected chi connectivity index (χ4v) is 4.34. The van der Waals surface area contributed by atoms with Gasteiger partial charge in [-0.1, -0.05) is 17.7 Å². The molecule has 0 bridgehead atoms. The van der Waals surface area contributed by atoms with E-state index in [9.17, 15) is 14.0 Å². The van der Waals surface area contributed by atoms with Crippen LogP contribution in [0.5, 0.6) is 0 Å². The monoisotopic (exact) mass is 517 g/mol. The lowest BCUT2D eigenvalue weighted by Crippen LogP contribution is -2.50. The number of aliphatic imine (C=N–C) groups is 1. The lowest BCUT2D eigenvalue weighted by atomic mass is 9.94. The van der Waals surface area contributed by atoms with Gasteiger partial charge in [0.1, 0.15) is 24.2 Å². The van der Waals surface area contributed by atoms with E-state index >= 15 is 0 Å². The molecule has 1 aromatic heterocycles. The first kappa shape index (κ1) is 25.7. The minimum absolute atomic E-state index is 0.119. The van der Waals surface area contributed by atoms with Gasteiger partial charge in [-0.2, -0.15) is 0 Å². The van der Waals surface area contributed by atoms with Crippen molar-refractivity contribution in [3.05, 3.63) is 70.2 Å². The number of amidine groups is 1. The standard InChI is InChI=1S/C24H25ClFN5O5/c1-2-36-24(33)21-20(11-31-7-8-34-12-16(31)13-35-14-32)29-23(19-10-27-5-6-28-19)30-22(21)17-4-3-15(26)9-18(17)25/h3-6,9-10,14,16,22H,2,7-8,11-13H2,1H3,(H,29,30). The van der Waals surface area contributed by atoms with Gasteiger partial charge in [-0.3, -0.25) is 19.7 Å². The van der Waals surface area contributed by atoms with E-state index < -0.39 is 17.8 Å². The predicted octanol–water partition coefficient (Wildman–Crippen LogP) is 2.05. The van der Waals surface area contributed by atoms with Crippen LogP contribution in [0.2, 0.25) is 5.02 Å². The Kier molecular flexibility index (Phi) is 8.57. The summed E-state index contributed by atoms with van der Waals surface area (Å²) in [5.41, 5.74) is 1.63. The molecule has 3 heterocycles. The number of benzene rings is 1. The van der Waals surface area contributed by atoms with E-state index in [1.807, 2.05) is 4.90 Å². The molecule has 0 radical (unpaired) electrons. The Morgan fingerprint density at radius 2 is 2.25 bits per heavy atom. The van der Waals surface area contributed by atoms with Crippen LogP contribution in [0, 0.1) is 5.82 Å². The fourth-order valence-electron chi connectivity index (χ4n) is 4.07. The Hall–Kier alpha value is -3.41. The summed E-state index contributed by atoms with van der Waals surface area (Å²) in [6.07, 6.45) is 4.60. The van der Waals surface area contributed by atoms with Crippen molar-refractivity contribution in [1.29, 1.82) is 0 Å². The van der Waals surface area contributed by atoms with Crippen LogP contribution in [-0.2, 0) is 23.8 Å². The zero-order valence-corrected chi connectivity index (χ0v) is 20.3. The third-order valence-corrected chi connectivity index (χ3v) is 6.08. The number of halogens is 2. The van der Waals surface area contributed by atoms with Crippen LogP contribution >= 0.6 is 11.6 Å². The molecular formula is C24H25ClFN5O5. The number of carbonyl (C=O) groups excluding carboxylic acids is 2. The van der Waals surface area contributed by atoms with Crippen LogP contribution in [0.1, 0.15) is 24.2 Å². The molecule has 1 fully saturated rings. The molecular weight excluding hydrogens is 493 g/mol. The highest BCUT2D eigenvalue weighted by molar-refractivity contribution is 6.31. The summed E-state index contributed by atoms with van der Waals surface area (Å²) < 4.78 is 29.8. The fraction of sp³-hybridized carbons (Fsp3) is 0.375. The summed E-state index contributed by atoms with van der Waals surface area (Å²) in [6.45, 7) is 3.99. The quantitative estimate of drug-likeness (QED) is 0.394. The summed E-state index contributed by atoms with van der Waals surface area (Å²) in [5.74, 6) is -0.726. The van der Waals surface area contributed by atoms with E-state index in [2.05, 4.69) is 15.3 Å². The Morgan fingerprint density at radius 1 is 1.39 bits per heavy atom. The first-order valence-corrected chi connectivity index (χ1v) is 11.7. The zero-order chi connectivity index (χ0) is 25.5. The van der Waals surface area contributed by atoms with Gasteiger partial charge in [0.05, 0.1) is 37.6 Å². The number of hydrogen-bond acceptors (Lipinski definition) is 10. The van der Waals surface area contributed by atoms with Gasteiger partial charge >= 0.3 is 5.97 Å². The van der Waals surface area contributed by atoms with Crippen molar-refractivity contribution in [1.82, 2.24) is 20.2 Å². The Labute approximate surface area is 212 Å². The summed E-state index contributed by atoms with van der Waals surface area (Å²) in [5, 5.41) is 3.35. The molecule has 10 nitrogen and oxygen atoms in total. The minimum atomic E-state index is -0.892. The average molecular weight is 518 g/mol. The summed E-state index contributed by atoms with van der Waals surface area (Å²) in [4.78, 5) is 39.3. The number of nitrogens with zero attached hydrogens (tertiary/aromatic N) is 4. The van der Waals surface area contributed by atoms with Crippen molar-refractivity contribution in [3.8, 4) is 0 Å². The van der Waals surface area contributed by atoms with Gasteiger partial charge in [0, 0.05) is 41.8 Å². The number of aromatic nitrogens is 2. The Balaban J connectivity index is 1.81. The molecule has 4 rings (SSSR count). The molecule has 1 saturated heterocycles. The van der Waals surface area contributed by atoms with Gasteiger partial charge in [-0.05, 0) is 19.1 Å². The number of carbonyl (C=O) groups is 2. The predicted molar refractivity (Wildman–Crippen MR) is 128 cm³/mol.